The summed E-state index contributed by atoms with van der Waals surface area (Å²) in [4.78, 5) is 12.6. The molecule has 0 spiro atoms. The molecule has 6 nitrogen and oxygen atoms in total. The minimum Gasteiger partial charge on any atom is -0.477 e. The van der Waals surface area contributed by atoms with E-state index in [0.29, 0.717) is 0 Å². The predicted octanol–water partition coefficient (Wildman–Crippen LogP) is 1.78. The average molecular weight is 326 g/mol. The predicted molar refractivity (Wildman–Crippen MR) is 65.4 cm³/mol. The SMILES string of the molecule is Cc1c(S(=O)(=O)NC2(C(F)(F)F)CCC2)c[nH]c1C(=O)O. The number of aromatic carboxylic acids is 1. The van der Waals surface area contributed by atoms with E-state index in [1.54, 1.807) is 4.72 Å². The fraction of sp³-hybridized carbons (Fsp3) is 0.545. The third-order valence-corrected chi connectivity index (χ3v) is 5.34. The maximum atomic E-state index is 13.0. The molecule has 1 aliphatic carbocycles. The number of carbonyl (C=O) groups is 1. The van der Waals surface area contributed by atoms with Crippen LogP contribution in [0, 0.1) is 6.92 Å². The maximum Gasteiger partial charge on any atom is 0.407 e. The van der Waals surface area contributed by atoms with Crippen molar-refractivity contribution in [1.29, 1.82) is 0 Å². The van der Waals surface area contributed by atoms with E-state index in [0.717, 1.165) is 6.20 Å². The van der Waals surface area contributed by atoms with Crippen LogP contribution in [-0.4, -0.2) is 36.2 Å². The Bertz CT molecular complexity index is 674. The van der Waals surface area contributed by atoms with Crippen LogP contribution in [0.3, 0.4) is 0 Å². The lowest BCUT2D eigenvalue weighted by molar-refractivity contribution is -0.212. The molecule has 118 valence electrons. The van der Waals surface area contributed by atoms with Gasteiger partial charge in [-0.25, -0.2) is 13.2 Å². The number of nitrogens with one attached hydrogen (secondary N) is 2. The van der Waals surface area contributed by atoms with Crippen molar-refractivity contribution in [3.05, 3.63) is 17.5 Å². The zero-order valence-corrected chi connectivity index (χ0v) is 11.7. The summed E-state index contributed by atoms with van der Waals surface area (Å²) in [5, 5.41) is 8.84. The Balaban J connectivity index is 2.38. The number of carboxylic acid groups (broad SMARTS) is 1. The second kappa shape index (κ2) is 4.73. The highest BCUT2D eigenvalue weighted by Gasteiger charge is 2.60. The highest BCUT2D eigenvalue weighted by Crippen LogP contribution is 2.46. The molecule has 0 aromatic carbocycles. The van der Waals surface area contributed by atoms with Crippen molar-refractivity contribution in [3.8, 4) is 0 Å². The van der Waals surface area contributed by atoms with E-state index in [-0.39, 0.29) is 30.5 Å². The largest absolute Gasteiger partial charge is 0.477 e. The van der Waals surface area contributed by atoms with Gasteiger partial charge in [0.05, 0.1) is 0 Å². The number of rotatable bonds is 4. The monoisotopic (exact) mass is 326 g/mol. The molecule has 0 atom stereocenters. The number of hydrogen-bond acceptors (Lipinski definition) is 3. The number of sulfonamides is 1. The van der Waals surface area contributed by atoms with E-state index >= 15 is 0 Å². The van der Waals surface area contributed by atoms with Crippen LogP contribution in [0.2, 0.25) is 0 Å². The second-order valence-electron chi connectivity index (χ2n) is 5.00. The van der Waals surface area contributed by atoms with Crippen LogP contribution in [0.5, 0.6) is 0 Å². The van der Waals surface area contributed by atoms with E-state index in [1.165, 1.54) is 6.92 Å². The molecule has 0 radical (unpaired) electrons. The topological polar surface area (TPSA) is 99.3 Å². The van der Waals surface area contributed by atoms with Gasteiger partial charge < -0.3 is 10.1 Å². The summed E-state index contributed by atoms with van der Waals surface area (Å²) in [6, 6.07) is 0. The molecule has 1 saturated carbocycles. The fourth-order valence-corrected chi connectivity index (χ4v) is 3.93. The molecule has 1 aliphatic rings. The first-order valence-electron chi connectivity index (χ1n) is 6.02. The van der Waals surface area contributed by atoms with Crippen LogP contribution >= 0.6 is 0 Å². The molecule has 1 aromatic heterocycles. The third-order valence-electron chi connectivity index (χ3n) is 3.68. The number of H-pyrrole nitrogens is 1. The van der Waals surface area contributed by atoms with Crippen molar-refractivity contribution in [1.82, 2.24) is 9.71 Å². The Morgan fingerprint density at radius 3 is 2.33 bits per heavy atom. The van der Waals surface area contributed by atoms with Gasteiger partial charge in [0.1, 0.15) is 16.1 Å². The highest BCUT2D eigenvalue weighted by atomic mass is 32.2. The minimum absolute atomic E-state index is 0.133. The van der Waals surface area contributed by atoms with Crippen molar-refractivity contribution in [2.45, 2.75) is 42.8 Å². The van der Waals surface area contributed by atoms with E-state index in [4.69, 9.17) is 5.11 Å². The van der Waals surface area contributed by atoms with Crippen LogP contribution in [0.25, 0.3) is 0 Å². The first-order chi connectivity index (χ1) is 9.50. The summed E-state index contributed by atoms with van der Waals surface area (Å²) in [5.41, 5.74) is -2.96. The van der Waals surface area contributed by atoms with Gasteiger partial charge >= 0.3 is 12.1 Å². The molecule has 0 unspecified atom stereocenters. The van der Waals surface area contributed by atoms with Gasteiger partial charge in [-0.15, -0.1) is 0 Å². The van der Waals surface area contributed by atoms with Crippen molar-refractivity contribution >= 4 is 16.0 Å². The van der Waals surface area contributed by atoms with Crippen LogP contribution in [-0.2, 0) is 10.0 Å². The zero-order chi connectivity index (χ0) is 16.1. The number of carboxylic acids is 1. The van der Waals surface area contributed by atoms with Gasteiger partial charge in [-0.2, -0.15) is 17.9 Å². The molecule has 0 amide bonds. The lowest BCUT2D eigenvalue weighted by Gasteiger charge is -2.43. The lowest BCUT2D eigenvalue weighted by atomic mass is 9.77. The Labute approximate surface area is 118 Å². The van der Waals surface area contributed by atoms with Gasteiger partial charge in [0, 0.05) is 11.8 Å². The van der Waals surface area contributed by atoms with Crippen LogP contribution < -0.4 is 4.72 Å². The molecule has 0 bridgehead atoms. The van der Waals surface area contributed by atoms with E-state index in [1.807, 2.05) is 0 Å². The van der Waals surface area contributed by atoms with Crippen LogP contribution in [0.4, 0.5) is 13.2 Å². The summed E-state index contributed by atoms with van der Waals surface area (Å²) in [7, 11) is -4.47. The van der Waals surface area contributed by atoms with Gasteiger partial charge in [-0.05, 0) is 26.2 Å². The first-order valence-corrected chi connectivity index (χ1v) is 7.50. The lowest BCUT2D eigenvalue weighted by Crippen LogP contribution is -2.62. The smallest absolute Gasteiger partial charge is 0.407 e. The molecule has 1 heterocycles. The molecule has 3 N–H and O–H groups in total. The normalized spacial score (nSPS) is 18.3. The van der Waals surface area contributed by atoms with E-state index in [9.17, 15) is 26.4 Å². The molecule has 1 fully saturated rings. The summed E-state index contributed by atoms with van der Waals surface area (Å²) in [6.45, 7) is 1.22. The molecule has 21 heavy (non-hydrogen) atoms. The van der Waals surface area contributed by atoms with Crippen molar-refractivity contribution in [2.24, 2.45) is 0 Å². The number of aromatic nitrogens is 1. The van der Waals surface area contributed by atoms with Gasteiger partial charge in [0.15, 0.2) is 0 Å². The Morgan fingerprint density at radius 1 is 1.43 bits per heavy atom. The van der Waals surface area contributed by atoms with Gasteiger partial charge in [0.2, 0.25) is 10.0 Å². The third kappa shape index (κ3) is 2.53. The molecule has 2 rings (SSSR count). The fourth-order valence-electron chi connectivity index (χ4n) is 2.26. The maximum absolute atomic E-state index is 13.0. The van der Waals surface area contributed by atoms with E-state index in [2.05, 4.69) is 4.98 Å². The van der Waals surface area contributed by atoms with Crippen molar-refractivity contribution in [2.75, 3.05) is 0 Å². The van der Waals surface area contributed by atoms with E-state index < -0.39 is 32.6 Å². The van der Waals surface area contributed by atoms with Crippen LogP contribution in [0.1, 0.15) is 35.3 Å². The number of hydrogen-bond donors (Lipinski definition) is 3. The molecule has 10 heteroatoms. The van der Waals surface area contributed by atoms with Gasteiger partial charge in [-0.1, -0.05) is 0 Å². The molecule has 1 aromatic rings. The zero-order valence-electron chi connectivity index (χ0n) is 10.9. The highest BCUT2D eigenvalue weighted by molar-refractivity contribution is 7.89. The standard InChI is InChI=1S/C11H13F3N2O4S/c1-6-7(5-15-8(6)9(17)18)21(19,20)16-10(3-2-4-10)11(12,13)14/h5,15-16H,2-4H2,1H3,(H,17,18). The molecule has 0 aliphatic heterocycles. The first kappa shape index (κ1) is 15.8. The number of alkyl halides is 3. The summed E-state index contributed by atoms with van der Waals surface area (Å²) < 4.78 is 65.0. The van der Waals surface area contributed by atoms with Crippen LogP contribution in [0.15, 0.2) is 11.1 Å². The Hall–Kier alpha value is -1.55. The van der Waals surface area contributed by atoms with Gasteiger partial charge in [0.25, 0.3) is 0 Å². The van der Waals surface area contributed by atoms with Gasteiger partial charge in [-0.3, -0.25) is 0 Å². The Morgan fingerprint density at radius 2 is 2.00 bits per heavy atom. The molecular formula is C11H13F3N2O4S. The Kier molecular flexibility index (Phi) is 3.57. The average Bonchev–Trinajstić information content (AvgIpc) is 2.64. The number of aromatic amines is 1. The minimum atomic E-state index is -4.70. The molecule has 0 saturated heterocycles. The number of halogens is 3. The molecular weight excluding hydrogens is 313 g/mol. The summed E-state index contributed by atoms with van der Waals surface area (Å²) >= 11 is 0. The summed E-state index contributed by atoms with van der Waals surface area (Å²) in [5.74, 6) is -1.39. The van der Waals surface area contributed by atoms with Crippen molar-refractivity contribution in [3.63, 3.8) is 0 Å². The van der Waals surface area contributed by atoms with Crippen molar-refractivity contribution < 1.29 is 31.5 Å². The quantitative estimate of drug-likeness (QED) is 0.785. The summed E-state index contributed by atoms with van der Waals surface area (Å²) in [6.07, 6.45) is -4.20. The second-order valence-corrected chi connectivity index (χ2v) is 6.65.